The largest absolute Gasteiger partial charge is 0.480 e. The molecule has 6 N–H and O–H groups in total. The summed E-state index contributed by atoms with van der Waals surface area (Å²) >= 11 is 0. The van der Waals surface area contributed by atoms with Crippen molar-refractivity contribution < 1.29 is 43.3 Å². The van der Waals surface area contributed by atoms with E-state index < -0.39 is 40.6 Å². The molecule has 22 heavy (non-hydrogen) atoms. The van der Waals surface area contributed by atoms with Crippen LogP contribution in [0.3, 0.4) is 0 Å². The van der Waals surface area contributed by atoms with Crippen molar-refractivity contribution in [2.24, 2.45) is 0 Å². The Morgan fingerprint density at radius 2 is 1.59 bits per heavy atom. The van der Waals surface area contributed by atoms with E-state index in [1.54, 1.807) is 0 Å². The molecule has 0 aromatic carbocycles. The molecule has 10 nitrogen and oxygen atoms in total. The van der Waals surface area contributed by atoms with E-state index in [9.17, 15) is 13.2 Å². The maximum atomic E-state index is 10.5. The highest BCUT2D eigenvalue weighted by Gasteiger charge is 2.18. The summed E-state index contributed by atoms with van der Waals surface area (Å²) < 4.78 is 28.2. The Hall–Kier alpha value is -0.820. The highest BCUT2D eigenvalue weighted by Crippen LogP contribution is 1.97. The quantitative estimate of drug-likeness (QED) is 0.229. The topological polar surface area (TPSA) is 176 Å². The van der Waals surface area contributed by atoms with E-state index in [0.29, 0.717) is 0 Å². The van der Waals surface area contributed by atoms with Crippen LogP contribution in [0.4, 0.5) is 0 Å². The molecule has 0 spiro atoms. The summed E-state index contributed by atoms with van der Waals surface area (Å²) in [6.07, 6.45) is -1.21. The number of carbonyl (C=O) groups is 1. The van der Waals surface area contributed by atoms with Crippen molar-refractivity contribution in [3.05, 3.63) is 0 Å². The number of hydrogen-bond acceptors (Lipinski definition) is 8. The molecule has 0 bridgehead atoms. The molecule has 134 valence electrons. The number of aliphatic hydroxyl groups excluding tert-OH is 4. The monoisotopic (exact) mass is 347 g/mol. The lowest BCUT2D eigenvalue weighted by atomic mass is 10.3. The molecule has 0 aromatic rings. The fraction of sp³-hybridized carbons (Fsp3) is 0.909. The Morgan fingerprint density at radius 3 is 1.86 bits per heavy atom. The molecule has 0 amide bonds. The van der Waals surface area contributed by atoms with Crippen molar-refractivity contribution in [3.8, 4) is 0 Å². The van der Waals surface area contributed by atoms with Crippen LogP contribution in [0, 0.1) is 0 Å². The molecule has 0 saturated heterocycles. The number of aliphatic carboxylic acids is 1. The zero-order valence-corrected chi connectivity index (χ0v) is 13.2. The first-order valence-corrected chi connectivity index (χ1v) is 8.12. The highest BCUT2D eigenvalue weighted by molar-refractivity contribution is 7.85. The number of carboxylic acids is 1. The lowest BCUT2D eigenvalue weighted by molar-refractivity contribution is -0.142. The molecule has 2 atom stereocenters. The van der Waals surface area contributed by atoms with Gasteiger partial charge in [0.25, 0.3) is 10.1 Å². The molecule has 0 heterocycles. The Bertz CT molecular complexity index is 381. The Labute approximate surface area is 129 Å². The summed E-state index contributed by atoms with van der Waals surface area (Å²) in [4.78, 5) is 12.0. The van der Waals surface area contributed by atoms with Crippen LogP contribution in [0.2, 0.25) is 0 Å². The lowest BCUT2D eigenvalue weighted by Crippen LogP contribution is -2.42. The molecule has 1 unspecified atom stereocenters. The van der Waals surface area contributed by atoms with E-state index in [2.05, 4.69) is 0 Å². The van der Waals surface area contributed by atoms with Crippen LogP contribution in [-0.4, -0.2) is 100 Å². The normalized spacial score (nSPS) is 14.1. The van der Waals surface area contributed by atoms with E-state index in [-0.39, 0.29) is 32.7 Å². The van der Waals surface area contributed by atoms with Gasteiger partial charge >= 0.3 is 5.97 Å². The minimum Gasteiger partial charge on any atom is -0.480 e. The summed E-state index contributed by atoms with van der Waals surface area (Å²) in [7, 11) is -4.00. The predicted molar refractivity (Wildman–Crippen MR) is 77.0 cm³/mol. The first kappa shape index (κ1) is 23.4. The van der Waals surface area contributed by atoms with Gasteiger partial charge in [-0.25, -0.2) is 0 Å². The van der Waals surface area contributed by atoms with E-state index >= 15 is 0 Å². The average molecular weight is 347 g/mol. The van der Waals surface area contributed by atoms with Gasteiger partial charge in [0.1, 0.15) is 6.04 Å². The zero-order valence-electron chi connectivity index (χ0n) is 12.4. The maximum Gasteiger partial charge on any atom is 0.320 e. The number of aliphatic hydroxyl groups is 4. The van der Waals surface area contributed by atoms with Crippen LogP contribution in [0.5, 0.6) is 0 Å². The molecule has 0 rings (SSSR count). The smallest absolute Gasteiger partial charge is 0.320 e. The van der Waals surface area contributed by atoms with Gasteiger partial charge in [0.05, 0.1) is 31.7 Å². The Balaban J connectivity index is 0. The molecule has 0 saturated carbocycles. The average Bonchev–Trinajstić information content (AvgIpc) is 2.43. The minimum absolute atomic E-state index is 0.0996. The summed E-state index contributed by atoms with van der Waals surface area (Å²) in [6, 6.07) is -0.663. The maximum absolute atomic E-state index is 10.5. The first-order valence-electron chi connectivity index (χ1n) is 6.51. The van der Waals surface area contributed by atoms with Gasteiger partial charge in [-0.15, -0.1) is 0 Å². The molecular formula is C11H25NO9S. The molecule has 0 radical (unpaired) electrons. The first-order chi connectivity index (χ1) is 10.1. The van der Waals surface area contributed by atoms with Gasteiger partial charge in [0, 0.05) is 13.1 Å². The molecule has 11 heteroatoms. The van der Waals surface area contributed by atoms with Crippen LogP contribution in [0.15, 0.2) is 0 Å². The number of rotatable bonds is 10. The van der Waals surface area contributed by atoms with E-state index in [1.165, 1.54) is 11.8 Å². The van der Waals surface area contributed by atoms with Crippen LogP contribution in [-0.2, 0) is 14.9 Å². The van der Waals surface area contributed by atoms with Crippen molar-refractivity contribution in [1.29, 1.82) is 0 Å². The SMILES string of the molecule is C[C@@H](C(=O)O)N(CCO)CCO.O=S(=O)(O)CCC(O)CO. The summed E-state index contributed by atoms with van der Waals surface area (Å²) in [6.45, 7) is 1.38. The second-order valence-electron chi connectivity index (χ2n) is 4.41. The van der Waals surface area contributed by atoms with Gasteiger partial charge in [-0.3, -0.25) is 14.2 Å². The summed E-state index contributed by atoms with van der Waals surface area (Å²) in [5, 5.41) is 42.6. The fourth-order valence-electron chi connectivity index (χ4n) is 1.29. The third kappa shape index (κ3) is 14.1. The van der Waals surface area contributed by atoms with E-state index in [4.69, 9.17) is 30.1 Å². The van der Waals surface area contributed by atoms with Crippen LogP contribution in [0.1, 0.15) is 13.3 Å². The molecular weight excluding hydrogens is 322 g/mol. The number of nitrogens with zero attached hydrogens (tertiary/aromatic N) is 1. The van der Waals surface area contributed by atoms with Gasteiger partial charge in [0.15, 0.2) is 0 Å². The molecule has 0 aliphatic heterocycles. The zero-order chi connectivity index (χ0) is 17.8. The van der Waals surface area contributed by atoms with E-state index in [0.717, 1.165) is 0 Å². The molecule has 0 aliphatic carbocycles. The third-order valence-corrected chi connectivity index (χ3v) is 3.35. The highest BCUT2D eigenvalue weighted by atomic mass is 32.2. The summed E-state index contributed by atoms with van der Waals surface area (Å²) in [5.74, 6) is -1.47. The number of carboxylic acid groups (broad SMARTS) is 1. The number of hydrogen-bond donors (Lipinski definition) is 6. The van der Waals surface area contributed by atoms with Crippen molar-refractivity contribution >= 4 is 16.1 Å². The van der Waals surface area contributed by atoms with Crippen LogP contribution >= 0.6 is 0 Å². The second kappa shape index (κ2) is 12.7. The third-order valence-electron chi connectivity index (χ3n) is 2.60. The Morgan fingerprint density at radius 1 is 1.14 bits per heavy atom. The van der Waals surface area contributed by atoms with Crippen molar-refractivity contribution in [2.45, 2.75) is 25.5 Å². The van der Waals surface area contributed by atoms with Crippen molar-refractivity contribution in [3.63, 3.8) is 0 Å². The van der Waals surface area contributed by atoms with Gasteiger partial charge in [-0.05, 0) is 13.3 Å². The fourth-order valence-corrected chi connectivity index (χ4v) is 1.86. The predicted octanol–water partition coefficient (Wildman–Crippen LogP) is -2.64. The van der Waals surface area contributed by atoms with Gasteiger partial charge in [-0.2, -0.15) is 8.42 Å². The molecule has 0 fully saturated rings. The van der Waals surface area contributed by atoms with Crippen molar-refractivity contribution in [2.75, 3.05) is 38.7 Å². The van der Waals surface area contributed by atoms with Gasteiger partial charge in [-0.1, -0.05) is 0 Å². The second-order valence-corrected chi connectivity index (χ2v) is 5.98. The standard InChI is InChI=1S/C7H15NO4.C4H10O5S/c1-6(7(11)12)8(2-4-9)3-5-10;5-3-4(6)1-2-10(7,8)9/h6,9-10H,2-5H2,1H3,(H,11,12);4-6H,1-3H2,(H,7,8,9)/t6-;/m0./s1. The molecule has 0 aliphatic rings. The minimum atomic E-state index is -4.00. The van der Waals surface area contributed by atoms with Crippen LogP contribution < -0.4 is 0 Å². The van der Waals surface area contributed by atoms with Crippen molar-refractivity contribution in [1.82, 2.24) is 4.90 Å². The van der Waals surface area contributed by atoms with E-state index in [1.807, 2.05) is 0 Å². The summed E-state index contributed by atoms with van der Waals surface area (Å²) in [5.41, 5.74) is 0. The van der Waals surface area contributed by atoms with Crippen LogP contribution in [0.25, 0.3) is 0 Å². The molecule has 0 aromatic heterocycles. The Kier molecular flexibility index (Phi) is 13.5. The van der Waals surface area contributed by atoms with Gasteiger partial charge in [0.2, 0.25) is 0 Å². The van der Waals surface area contributed by atoms with Gasteiger partial charge < -0.3 is 25.5 Å². The lowest BCUT2D eigenvalue weighted by Gasteiger charge is -2.23.